The number of carbonyl (C=O) groups is 1. The number of Topliss-reactive ketones (excluding diaryl/α,β-unsaturated/α-hetero) is 1. The lowest BCUT2D eigenvalue weighted by atomic mass is 10.1. The monoisotopic (exact) mass is 315 g/mol. The first-order chi connectivity index (χ1) is 11.7. The second kappa shape index (κ2) is 6.71. The van der Waals surface area contributed by atoms with Crippen molar-refractivity contribution in [3.8, 4) is 11.3 Å². The van der Waals surface area contributed by atoms with E-state index in [1.807, 2.05) is 36.4 Å². The summed E-state index contributed by atoms with van der Waals surface area (Å²) in [5, 5.41) is 0. The molecule has 116 valence electrons. The maximum Gasteiger partial charge on any atom is 0.276 e. The van der Waals surface area contributed by atoms with Crippen molar-refractivity contribution in [2.45, 2.75) is 6.42 Å². The van der Waals surface area contributed by atoms with E-state index in [1.54, 1.807) is 24.3 Å². The Morgan fingerprint density at radius 3 is 2.29 bits per heavy atom. The van der Waals surface area contributed by atoms with Crippen LogP contribution in [0.15, 0.2) is 65.5 Å². The third-order valence-corrected chi connectivity index (χ3v) is 3.53. The van der Waals surface area contributed by atoms with Gasteiger partial charge in [-0.15, -0.1) is 0 Å². The van der Waals surface area contributed by atoms with Crippen molar-refractivity contribution in [2.75, 3.05) is 0 Å². The first kappa shape index (κ1) is 15.4. The van der Waals surface area contributed by atoms with Crippen molar-refractivity contribution >= 4 is 11.5 Å². The summed E-state index contributed by atoms with van der Waals surface area (Å²) in [6.07, 6.45) is 0.134. The maximum atomic E-state index is 12.4. The van der Waals surface area contributed by atoms with Gasteiger partial charge in [0, 0.05) is 6.42 Å². The largest absolute Gasteiger partial charge is 0.313 e. The van der Waals surface area contributed by atoms with E-state index in [0.717, 1.165) is 5.56 Å². The fourth-order valence-electron chi connectivity index (χ4n) is 2.37. The molecule has 1 N–H and O–H groups in total. The van der Waals surface area contributed by atoms with Crippen molar-refractivity contribution in [2.24, 2.45) is 0 Å². The second-order valence-electron chi connectivity index (χ2n) is 5.18. The highest BCUT2D eigenvalue weighted by Crippen LogP contribution is 2.24. The lowest BCUT2D eigenvalue weighted by molar-refractivity contribution is 0.0983. The number of aromatic amines is 1. The third-order valence-electron chi connectivity index (χ3n) is 3.53. The van der Waals surface area contributed by atoms with Gasteiger partial charge >= 0.3 is 0 Å². The van der Waals surface area contributed by atoms with Crippen LogP contribution in [0.3, 0.4) is 0 Å². The number of ketones is 1. The van der Waals surface area contributed by atoms with E-state index in [0.29, 0.717) is 5.56 Å². The molecule has 0 aliphatic carbocycles. The number of hydrogen-bond donors (Lipinski definition) is 1. The Kier molecular flexibility index (Phi) is 4.30. The summed E-state index contributed by atoms with van der Waals surface area (Å²) in [5.41, 5.74) is 0.975. The van der Waals surface area contributed by atoms with Crippen molar-refractivity contribution < 1.29 is 4.79 Å². The van der Waals surface area contributed by atoms with Crippen molar-refractivity contribution in [3.05, 3.63) is 93.8 Å². The Bertz CT molecular complexity index is 971. The van der Waals surface area contributed by atoms with Gasteiger partial charge in [0.2, 0.25) is 5.78 Å². The van der Waals surface area contributed by atoms with E-state index in [2.05, 4.69) is 14.8 Å². The molecule has 3 rings (SSSR count). The number of hydrogen-bond acceptors (Lipinski definition) is 3. The Morgan fingerprint density at radius 1 is 1.04 bits per heavy atom. The third kappa shape index (κ3) is 3.13. The molecule has 0 amide bonds. The van der Waals surface area contributed by atoms with Gasteiger partial charge in [0.05, 0.1) is 12.3 Å². The summed E-state index contributed by atoms with van der Waals surface area (Å²) in [6.45, 7) is 7.21. The molecular weight excluding hydrogens is 302 g/mol. The molecule has 0 radical (unpaired) electrons. The van der Waals surface area contributed by atoms with Gasteiger partial charge in [0.1, 0.15) is 0 Å². The van der Waals surface area contributed by atoms with Crippen LogP contribution in [-0.2, 0) is 6.42 Å². The molecule has 0 saturated carbocycles. The van der Waals surface area contributed by atoms with Crippen LogP contribution in [-0.4, -0.2) is 15.8 Å². The number of aromatic nitrogens is 2. The fourth-order valence-corrected chi connectivity index (χ4v) is 2.37. The summed E-state index contributed by atoms with van der Waals surface area (Å²) >= 11 is 0. The van der Waals surface area contributed by atoms with Crippen LogP contribution in [0.25, 0.3) is 16.1 Å². The Hall–Kier alpha value is -3.52. The van der Waals surface area contributed by atoms with Gasteiger partial charge in [-0.05, 0) is 11.1 Å². The van der Waals surface area contributed by atoms with Gasteiger partial charge in [-0.3, -0.25) is 9.59 Å². The number of benzene rings is 2. The van der Waals surface area contributed by atoms with Crippen LogP contribution in [0.2, 0.25) is 0 Å². The highest BCUT2D eigenvalue weighted by atomic mass is 16.1. The molecule has 2 aromatic carbocycles. The van der Waals surface area contributed by atoms with Crippen LogP contribution in [0.5, 0.6) is 0 Å². The number of H-pyrrole nitrogens is 1. The molecule has 0 bridgehead atoms. The van der Waals surface area contributed by atoms with Crippen molar-refractivity contribution in [3.63, 3.8) is 0 Å². The van der Waals surface area contributed by atoms with Gasteiger partial charge in [-0.2, -0.15) is 0 Å². The second-order valence-corrected chi connectivity index (χ2v) is 5.18. The van der Waals surface area contributed by atoms with Crippen LogP contribution in [0.4, 0.5) is 5.69 Å². The Balaban J connectivity index is 2.04. The minimum Gasteiger partial charge on any atom is -0.313 e. The zero-order valence-electron chi connectivity index (χ0n) is 12.7. The van der Waals surface area contributed by atoms with E-state index in [9.17, 15) is 9.59 Å². The zero-order valence-corrected chi connectivity index (χ0v) is 12.7. The van der Waals surface area contributed by atoms with Crippen LogP contribution in [0, 0.1) is 6.57 Å². The SMILES string of the molecule is [C-]#[N+]c1c(-c2ccccc2)nc(C(=O)Cc2ccccc2)[nH]c1=O. The standard InChI is InChI=1S/C19H13N3O2/c1-20-17-16(14-10-6-3-7-11-14)21-18(22-19(17)24)15(23)12-13-8-4-2-5-9-13/h2-11H,12H2,(H,21,22,24). The lowest BCUT2D eigenvalue weighted by Gasteiger charge is -2.06. The normalized spacial score (nSPS) is 10.1. The van der Waals surface area contributed by atoms with Gasteiger partial charge in [0.15, 0.2) is 5.82 Å². The molecule has 0 spiro atoms. The topological polar surface area (TPSA) is 67.2 Å². The van der Waals surface area contributed by atoms with E-state index >= 15 is 0 Å². The average Bonchev–Trinajstić information content (AvgIpc) is 2.62. The van der Waals surface area contributed by atoms with Gasteiger partial charge < -0.3 is 4.98 Å². The average molecular weight is 315 g/mol. The van der Waals surface area contributed by atoms with Crippen LogP contribution < -0.4 is 5.56 Å². The molecule has 0 unspecified atom stereocenters. The first-order valence-corrected chi connectivity index (χ1v) is 7.33. The van der Waals surface area contributed by atoms with Crippen molar-refractivity contribution in [1.82, 2.24) is 9.97 Å². The highest BCUT2D eigenvalue weighted by Gasteiger charge is 2.17. The quantitative estimate of drug-likeness (QED) is 0.592. The predicted molar refractivity (Wildman–Crippen MR) is 91.0 cm³/mol. The minimum atomic E-state index is -0.602. The molecular formula is C19H13N3O2. The fraction of sp³-hybridized carbons (Fsp3) is 0.0526. The predicted octanol–water partition coefficient (Wildman–Crippen LogP) is 3.41. The highest BCUT2D eigenvalue weighted by molar-refractivity contribution is 5.95. The van der Waals surface area contributed by atoms with E-state index in [-0.39, 0.29) is 29.4 Å². The Labute approximate surface area is 138 Å². The minimum absolute atomic E-state index is 0.0323. The molecule has 0 saturated heterocycles. The summed E-state index contributed by atoms with van der Waals surface area (Å²) in [7, 11) is 0. The molecule has 0 aliphatic rings. The summed E-state index contributed by atoms with van der Waals surface area (Å²) in [6, 6.07) is 18.1. The smallest absolute Gasteiger partial charge is 0.276 e. The van der Waals surface area contributed by atoms with E-state index in [4.69, 9.17) is 6.57 Å². The summed E-state index contributed by atoms with van der Waals surface area (Å²) in [4.78, 5) is 34.5. The molecule has 0 atom stereocenters. The molecule has 0 aliphatic heterocycles. The number of carbonyl (C=O) groups excluding carboxylic acids is 1. The van der Waals surface area contributed by atoms with Gasteiger partial charge in [0.25, 0.3) is 11.2 Å². The molecule has 0 fully saturated rings. The number of nitrogens with one attached hydrogen (secondary N) is 1. The molecule has 5 nitrogen and oxygen atoms in total. The number of rotatable bonds is 4. The van der Waals surface area contributed by atoms with Crippen molar-refractivity contribution in [1.29, 1.82) is 0 Å². The molecule has 1 heterocycles. The van der Waals surface area contributed by atoms with E-state index < -0.39 is 5.56 Å². The summed E-state index contributed by atoms with van der Waals surface area (Å²) in [5.74, 6) is -0.331. The van der Waals surface area contributed by atoms with E-state index in [1.165, 1.54) is 0 Å². The summed E-state index contributed by atoms with van der Waals surface area (Å²) < 4.78 is 0. The van der Waals surface area contributed by atoms with Gasteiger partial charge in [-0.25, -0.2) is 9.83 Å². The molecule has 5 heteroatoms. The van der Waals surface area contributed by atoms with Crippen LogP contribution in [0.1, 0.15) is 16.2 Å². The maximum absolute atomic E-state index is 12.4. The lowest BCUT2D eigenvalue weighted by Crippen LogP contribution is -2.17. The molecule has 1 aromatic heterocycles. The zero-order chi connectivity index (χ0) is 16.9. The van der Waals surface area contributed by atoms with Crippen LogP contribution >= 0.6 is 0 Å². The molecule has 3 aromatic rings. The number of nitrogens with zero attached hydrogens (tertiary/aromatic N) is 2. The first-order valence-electron chi connectivity index (χ1n) is 7.33. The molecule has 24 heavy (non-hydrogen) atoms. The Morgan fingerprint density at radius 2 is 1.67 bits per heavy atom. The van der Waals surface area contributed by atoms with Gasteiger partial charge in [-0.1, -0.05) is 60.7 Å².